The van der Waals surface area contributed by atoms with Gasteiger partial charge < -0.3 is 10.6 Å². The summed E-state index contributed by atoms with van der Waals surface area (Å²) in [7, 11) is 0. The molecule has 0 spiro atoms. The summed E-state index contributed by atoms with van der Waals surface area (Å²) in [4.78, 5) is 23.8. The molecule has 2 rings (SSSR count). The third-order valence-corrected chi connectivity index (χ3v) is 3.40. The Kier molecular flexibility index (Phi) is 4.00. The van der Waals surface area contributed by atoms with E-state index in [4.69, 9.17) is 0 Å². The first-order valence-corrected chi connectivity index (χ1v) is 6.37. The van der Waals surface area contributed by atoms with Gasteiger partial charge in [0.15, 0.2) is 0 Å². The van der Waals surface area contributed by atoms with Gasteiger partial charge in [0.25, 0.3) is 0 Å². The Balaban J connectivity index is 1.96. The average Bonchev–Trinajstić information content (AvgIpc) is 2.41. The van der Waals surface area contributed by atoms with Crippen LogP contribution in [0.5, 0.6) is 0 Å². The van der Waals surface area contributed by atoms with Gasteiger partial charge in [0.1, 0.15) is 5.92 Å². The smallest absolute Gasteiger partial charge is 0.237 e. The number of amides is 2. The minimum atomic E-state index is -0.618. The van der Waals surface area contributed by atoms with Gasteiger partial charge in [0, 0.05) is 12.2 Å². The molecule has 1 heterocycles. The highest BCUT2D eigenvalue weighted by Gasteiger charge is 2.30. The highest BCUT2D eigenvalue weighted by atomic mass is 16.2. The van der Waals surface area contributed by atoms with Crippen molar-refractivity contribution in [3.05, 3.63) is 47.2 Å². The van der Waals surface area contributed by atoms with E-state index in [0.29, 0.717) is 13.0 Å². The van der Waals surface area contributed by atoms with Gasteiger partial charge in [-0.05, 0) is 25.8 Å². The molecule has 4 heteroatoms. The Bertz CT molecular complexity index is 520. The Hall–Kier alpha value is -2.10. The van der Waals surface area contributed by atoms with Gasteiger partial charge >= 0.3 is 0 Å². The number of benzene rings is 1. The molecule has 2 amide bonds. The fourth-order valence-electron chi connectivity index (χ4n) is 2.05. The van der Waals surface area contributed by atoms with E-state index >= 15 is 0 Å². The first kappa shape index (κ1) is 13.3. The summed E-state index contributed by atoms with van der Waals surface area (Å²) in [5, 5.41) is 5.55. The Morgan fingerprint density at radius 3 is 2.68 bits per heavy atom. The predicted molar refractivity (Wildman–Crippen MR) is 72.9 cm³/mol. The van der Waals surface area contributed by atoms with Crippen molar-refractivity contribution in [2.45, 2.75) is 26.8 Å². The fraction of sp³-hybridized carbons (Fsp3) is 0.333. The highest BCUT2D eigenvalue weighted by molar-refractivity contribution is 6.01. The lowest BCUT2D eigenvalue weighted by Crippen LogP contribution is -2.43. The van der Waals surface area contributed by atoms with E-state index < -0.39 is 5.92 Å². The first-order valence-electron chi connectivity index (χ1n) is 6.37. The molecule has 0 aromatic heterocycles. The van der Waals surface area contributed by atoms with Crippen LogP contribution in [0.2, 0.25) is 0 Å². The maximum Gasteiger partial charge on any atom is 0.237 e. The van der Waals surface area contributed by atoms with Crippen LogP contribution in [-0.2, 0) is 16.1 Å². The number of rotatable bonds is 3. The minimum Gasteiger partial charge on any atom is -0.351 e. The molecule has 0 radical (unpaired) electrons. The lowest BCUT2D eigenvalue weighted by Gasteiger charge is -2.23. The molecule has 0 aliphatic carbocycles. The summed E-state index contributed by atoms with van der Waals surface area (Å²) < 4.78 is 0. The van der Waals surface area contributed by atoms with E-state index in [1.807, 2.05) is 44.2 Å². The topological polar surface area (TPSA) is 58.2 Å². The van der Waals surface area contributed by atoms with Crippen LogP contribution in [0, 0.1) is 5.92 Å². The molecular weight excluding hydrogens is 240 g/mol. The van der Waals surface area contributed by atoms with E-state index in [-0.39, 0.29) is 11.8 Å². The SMILES string of the molecule is CC1=C(C)NC(=O)C(C(=O)NCc2ccccc2)C1. The van der Waals surface area contributed by atoms with Crippen molar-refractivity contribution >= 4 is 11.8 Å². The summed E-state index contributed by atoms with van der Waals surface area (Å²) in [6.07, 6.45) is 0.498. The monoisotopic (exact) mass is 258 g/mol. The molecular formula is C15H18N2O2. The number of carbonyl (C=O) groups is 2. The second-order valence-corrected chi connectivity index (χ2v) is 4.85. The van der Waals surface area contributed by atoms with Gasteiger partial charge in [-0.3, -0.25) is 9.59 Å². The van der Waals surface area contributed by atoms with Gasteiger partial charge in [0.2, 0.25) is 11.8 Å². The maximum atomic E-state index is 12.0. The van der Waals surface area contributed by atoms with Crippen LogP contribution in [0.3, 0.4) is 0 Å². The first-order chi connectivity index (χ1) is 9.08. The molecule has 100 valence electrons. The van der Waals surface area contributed by atoms with Crippen LogP contribution < -0.4 is 10.6 Å². The summed E-state index contributed by atoms with van der Waals surface area (Å²) >= 11 is 0. The third-order valence-electron chi connectivity index (χ3n) is 3.40. The molecule has 19 heavy (non-hydrogen) atoms. The number of hydrogen-bond donors (Lipinski definition) is 2. The van der Waals surface area contributed by atoms with Gasteiger partial charge in [-0.25, -0.2) is 0 Å². The quantitative estimate of drug-likeness (QED) is 0.811. The second-order valence-electron chi connectivity index (χ2n) is 4.85. The molecule has 0 fully saturated rings. The van der Waals surface area contributed by atoms with Gasteiger partial charge in [0.05, 0.1) is 0 Å². The summed E-state index contributed by atoms with van der Waals surface area (Å²) in [5.74, 6) is -1.05. The van der Waals surface area contributed by atoms with Crippen molar-refractivity contribution in [2.75, 3.05) is 0 Å². The zero-order valence-electron chi connectivity index (χ0n) is 11.2. The summed E-state index contributed by atoms with van der Waals surface area (Å²) in [6.45, 7) is 4.24. The van der Waals surface area contributed by atoms with Gasteiger partial charge in [-0.1, -0.05) is 35.9 Å². The van der Waals surface area contributed by atoms with Crippen LogP contribution in [0.4, 0.5) is 0 Å². The fourth-order valence-corrected chi connectivity index (χ4v) is 2.05. The van der Waals surface area contributed by atoms with Crippen molar-refractivity contribution in [1.29, 1.82) is 0 Å². The standard InChI is InChI=1S/C15H18N2O2/c1-10-8-13(15(19)17-11(10)2)14(18)16-9-12-6-4-3-5-7-12/h3-7,13H,8-9H2,1-2H3,(H,16,18)(H,17,19). The van der Waals surface area contributed by atoms with Crippen molar-refractivity contribution in [1.82, 2.24) is 10.6 Å². The van der Waals surface area contributed by atoms with Crippen LogP contribution >= 0.6 is 0 Å². The average molecular weight is 258 g/mol. The van der Waals surface area contributed by atoms with Crippen molar-refractivity contribution in [2.24, 2.45) is 5.92 Å². The number of hydrogen-bond acceptors (Lipinski definition) is 2. The zero-order chi connectivity index (χ0) is 13.8. The van der Waals surface area contributed by atoms with Gasteiger partial charge in [-0.2, -0.15) is 0 Å². The molecule has 1 aromatic rings. The van der Waals surface area contributed by atoms with E-state index in [1.165, 1.54) is 0 Å². The lowest BCUT2D eigenvalue weighted by molar-refractivity contribution is -0.135. The van der Waals surface area contributed by atoms with E-state index in [2.05, 4.69) is 10.6 Å². The van der Waals surface area contributed by atoms with E-state index in [1.54, 1.807) is 0 Å². The van der Waals surface area contributed by atoms with E-state index in [0.717, 1.165) is 16.8 Å². The summed E-state index contributed by atoms with van der Waals surface area (Å²) in [5.41, 5.74) is 2.94. The lowest BCUT2D eigenvalue weighted by atomic mass is 9.93. The van der Waals surface area contributed by atoms with Crippen LogP contribution in [0.25, 0.3) is 0 Å². The Morgan fingerprint density at radius 1 is 1.32 bits per heavy atom. The van der Waals surface area contributed by atoms with Crippen molar-refractivity contribution in [3.8, 4) is 0 Å². The Labute approximate surface area is 112 Å². The molecule has 0 bridgehead atoms. The summed E-state index contributed by atoms with van der Waals surface area (Å²) in [6, 6.07) is 9.65. The molecule has 0 saturated heterocycles. The number of carbonyl (C=O) groups excluding carboxylic acids is 2. The van der Waals surface area contributed by atoms with Crippen LogP contribution in [0.15, 0.2) is 41.6 Å². The van der Waals surface area contributed by atoms with E-state index in [9.17, 15) is 9.59 Å². The van der Waals surface area contributed by atoms with Crippen molar-refractivity contribution < 1.29 is 9.59 Å². The second kappa shape index (κ2) is 5.69. The Morgan fingerprint density at radius 2 is 2.00 bits per heavy atom. The highest BCUT2D eigenvalue weighted by Crippen LogP contribution is 2.20. The van der Waals surface area contributed by atoms with Crippen LogP contribution in [0.1, 0.15) is 25.8 Å². The molecule has 1 atom stereocenters. The van der Waals surface area contributed by atoms with Crippen LogP contribution in [-0.4, -0.2) is 11.8 Å². The minimum absolute atomic E-state index is 0.214. The number of nitrogens with one attached hydrogen (secondary N) is 2. The molecule has 4 nitrogen and oxygen atoms in total. The third kappa shape index (κ3) is 3.22. The molecule has 0 saturated carbocycles. The molecule has 1 aromatic carbocycles. The molecule has 1 unspecified atom stereocenters. The number of allylic oxidation sites excluding steroid dienone is 2. The normalized spacial score (nSPS) is 19.1. The van der Waals surface area contributed by atoms with Gasteiger partial charge in [-0.15, -0.1) is 0 Å². The molecule has 1 aliphatic rings. The molecule has 1 aliphatic heterocycles. The maximum absolute atomic E-state index is 12.0. The molecule has 2 N–H and O–H groups in total. The zero-order valence-corrected chi connectivity index (χ0v) is 11.2. The largest absolute Gasteiger partial charge is 0.351 e. The predicted octanol–water partition coefficient (Wildman–Crippen LogP) is 1.73. The van der Waals surface area contributed by atoms with Crippen molar-refractivity contribution in [3.63, 3.8) is 0 Å².